The Bertz CT molecular complexity index is 1780. The summed E-state index contributed by atoms with van der Waals surface area (Å²) in [7, 11) is 0. The Kier molecular flexibility index (Phi) is 12.3. The lowest BCUT2D eigenvalue weighted by Crippen LogP contribution is -2.17. The SMILES string of the molecule is CC(C)(C)c1cc2c(O)c(c1)Cc1cc3cc4c1OCCOCCOCCOCCOc1c(cc(cc1Cc1cc(C(C)(C)C)cc(c1O)C4)CCCCC3)C2. The molecule has 1 aliphatic heterocycles. The number of hydrogen-bond donors (Lipinski definition) is 2. The van der Waals surface area contributed by atoms with Crippen LogP contribution in [0.5, 0.6) is 23.0 Å². The molecule has 0 atom stereocenters. The maximum absolute atomic E-state index is 12.3. The van der Waals surface area contributed by atoms with Gasteiger partial charge in [0.2, 0.25) is 0 Å². The van der Waals surface area contributed by atoms with E-state index in [1.807, 2.05) is 0 Å². The van der Waals surface area contributed by atoms with Crippen LogP contribution in [0.25, 0.3) is 0 Å². The van der Waals surface area contributed by atoms with Crippen LogP contribution >= 0.6 is 0 Å². The van der Waals surface area contributed by atoms with E-state index in [4.69, 9.17) is 23.7 Å². The van der Waals surface area contributed by atoms with Gasteiger partial charge in [0.25, 0.3) is 0 Å². The fourth-order valence-electron chi connectivity index (χ4n) is 8.37. The molecule has 300 valence electrons. The summed E-state index contributed by atoms with van der Waals surface area (Å²) in [5, 5.41) is 24.6. The number of ether oxygens (including phenoxy) is 5. The molecule has 0 aromatic heterocycles. The van der Waals surface area contributed by atoms with Crippen LogP contribution in [0.1, 0.15) is 128 Å². The summed E-state index contributed by atoms with van der Waals surface area (Å²) in [5.41, 5.74) is 12.2. The molecule has 2 N–H and O–H groups in total. The number of phenolic OH excluding ortho intramolecular Hbond substituents is 2. The summed E-state index contributed by atoms with van der Waals surface area (Å²) < 4.78 is 31.2. The van der Waals surface area contributed by atoms with Crippen molar-refractivity contribution >= 4 is 0 Å². The molecule has 4 aromatic rings. The van der Waals surface area contributed by atoms with Crippen molar-refractivity contribution in [3.05, 3.63) is 115 Å². The number of phenols is 2. The average molecular weight is 763 g/mol. The Morgan fingerprint density at radius 3 is 1.00 bits per heavy atom. The topological polar surface area (TPSA) is 86.6 Å². The van der Waals surface area contributed by atoms with Crippen LogP contribution in [0.4, 0.5) is 0 Å². The molecule has 4 aliphatic rings. The summed E-state index contributed by atoms with van der Waals surface area (Å²) >= 11 is 0. The zero-order valence-corrected chi connectivity index (χ0v) is 34.6. The van der Waals surface area contributed by atoms with Gasteiger partial charge in [0, 0.05) is 25.7 Å². The number of rotatable bonds is 0. The second-order valence-corrected chi connectivity index (χ2v) is 18.1. The Hall–Kier alpha value is -4.04. The van der Waals surface area contributed by atoms with E-state index in [0.29, 0.717) is 90.0 Å². The van der Waals surface area contributed by atoms with E-state index in [9.17, 15) is 10.2 Å². The van der Waals surface area contributed by atoms with Gasteiger partial charge in [0.05, 0.1) is 39.6 Å². The third-order valence-electron chi connectivity index (χ3n) is 11.5. The predicted molar refractivity (Wildman–Crippen MR) is 222 cm³/mol. The summed E-state index contributed by atoms with van der Waals surface area (Å²) in [6.45, 7) is 16.8. The summed E-state index contributed by atoms with van der Waals surface area (Å²) in [5.74, 6) is 2.24. The molecule has 8 rings (SSSR count). The zero-order valence-electron chi connectivity index (χ0n) is 34.6. The minimum atomic E-state index is -0.147. The van der Waals surface area contributed by atoms with E-state index in [-0.39, 0.29) is 10.8 Å². The molecule has 0 spiro atoms. The number of aromatic hydroxyl groups is 2. The van der Waals surface area contributed by atoms with Crippen molar-refractivity contribution in [3.8, 4) is 23.0 Å². The number of hydrogen-bond acceptors (Lipinski definition) is 7. The van der Waals surface area contributed by atoms with Crippen LogP contribution in [-0.4, -0.2) is 63.1 Å². The Morgan fingerprint density at radius 1 is 0.393 bits per heavy atom. The maximum atomic E-state index is 12.3. The van der Waals surface area contributed by atoms with E-state index in [1.165, 1.54) is 22.3 Å². The summed E-state index contributed by atoms with van der Waals surface area (Å²) in [4.78, 5) is 0. The molecule has 0 saturated carbocycles. The normalized spacial score (nSPS) is 17.5. The highest BCUT2D eigenvalue weighted by atomic mass is 16.6. The van der Waals surface area contributed by atoms with Crippen molar-refractivity contribution < 1.29 is 33.9 Å². The highest BCUT2D eigenvalue weighted by Crippen LogP contribution is 2.42. The monoisotopic (exact) mass is 762 g/mol. The largest absolute Gasteiger partial charge is 0.507 e. The van der Waals surface area contributed by atoms with Crippen LogP contribution in [0.15, 0.2) is 48.5 Å². The first-order chi connectivity index (χ1) is 26.8. The third kappa shape index (κ3) is 9.55. The van der Waals surface area contributed by atoms with Gasteiger partial charge in [-0.05, 0) is 103 Å². The van der Waals surface area contributed by atoms with Gasteiger partial charge < -0.3 is 33.9 Å². The van der Waals surface area contributed by atoms with E-state index in [1.54, 1.807) is 0 Å². The molecule has 3 aliphatic carbocycles. The fourth-order valence-corrected chi connectivity index (χ4v) is 8.37. The van der Waals surface area contributed by atoms with Crippen LogP contribution in [-0.2, 0) is 63.6 Å². The van der Waals surface area contributed by atoms with Crippen molar-refractivity contribution in [2.45, 2.75) is 110 Å². The maximum Gasteiger partial charge on any atom is 0.126 e. The second kappa shape index (κ2) is 17.2. The van der Waals surface area contributed by atoms with Gasteiger partial charge in [-0.3, -0.25) is 0 Å². The second-order valence-electron chi connectivity index (χ2n) is 18.1. The summed E-state index contributed by atoms with van der Waals surface area (Å²) in [6.07, 6.45) is 7.13. The average Bonchev–Trinajstić information content (AvgIpc) is 3.12. The van der Waals surface area contributed by atoms with Gasteiger partial charge >= 0.3 is 0 Å². The Balaban J connectivity index is 1.54. The lowest BCUT2D eigenvalue weighted by molar-refractivity contribution is 0.00484. The third-order valence-corrected chi connectivity index (χ3v) is 11.5. The van der Waals surface area contributed by atoms with Crippen LogP contribution < -0.4 is 9.47 Å². The quantitative estimate of drug-likeness (QED) is 0.163. The number of aryl methyl sites for hydroxylation is 2. The van der Waals surface area contributed by atoms with Crippen molar-refractivity contribution in [2.24, 2.45) is 0 Å². The van der Waals surface area contributed by atoms with Crippen LogP contribution in [0.2, 0.25) is 0 Å². The molecule has 7 nitrogen and oxygen atoms in total. The molecular formula is C49H62O7. The van der Waals surface area contributed by atoms with Gasteiger partial charge in [0.15, 0.2) is 0 Å². The molecule has 0 saturated heterocycles. The number of fused-ring (bicyclic) bond motifs is 4. The van der Waals surface area contributed by atoms with Crippen molar-refractivity contribution in [3.63, 3.8) is 0 Å². The van der Waals surface area contributed by atoms with Crippen molar-refractivity contribution in [1.82, 2.24) is 0 Å². The van der Waals surface area contributed by atoms with E-state index in [2.05, 4.69) is 90.1 Å². The molecule has 0 amide bonds. The molecule has 56 heavy (non-hydrogen) atoms. The molecule has 7 heteroatoms. The zero-order chi connectivity index (χ0) is 39.5. The van der Waals surface area contributed by atoms with E-state index in [0.717, 1.165) is 88.1 Å². The van der Waals surface area contributed by atoms with Gasteiger partial charge in [-0.1, -0.05) is 96.5 Å². The molecule has 0 unspecified atom stereocenters. The predicted octanol–water partition coefficient (Wildman–Crippen LogP) is 9.46. The molecule has 4 aromatic carbocycles. The van der Waals surface area contributed by atoms with Crippen LogP contribution in [0, 0.1) is 0 Å². The number of benzene rings is 4. The van der Waals surface area contributed by atoms with Gasteiger partial charge in [-0.25, -0.2) is 0 Å². The first-order valence-electron chi connectivity index (χ1n) is 20.8. The fraction of sp³-hybridized carbons (Fsp3) is 0.510. The first kappa shape index (κ1) is 40.2. The lowest BCUT2D eigenvalue weighted by Gasteiger charge is -2.26. The highest BCUT2D eigenvalue weighted by molar-refractivity contribution is 5.59. The first-order valence-corrected chi connectivity index (χ1v) is 20.8. The van der Waals surface area contributed by atoms with Crippen molar-refractivity contribution in [2.75, 3.05) is 52.9 Å². The molecule has 12 bridgehead atoms. The minimum absolute atomic E-state index is 0.147. The summed E-state index contributed by atoms with van der Waals surface area (Å²) in [6, 6.07) is 17.9. The van der Waals surface area contributed by atoms with E-state index < -0.39 is 0 Å². The van der Waals surface area contributed by atoms with Crippen molar-refractivity contribution in [1.29, 1.82) is 0 Å². The van der Waals surface area contributed by atoms with E-state index >= 15 is 0 Å². The highest BCUT2D eigenvalue weighted by Gasteiger charge is 2.26. The van der Waals surface area contributed by atoms with Gasteiger partial charge in [-0.15, -0.1) is 0 Å². The van der Waals surface area contributed by atoms with Gasteiger partial charge in [0.1, 0.15) is 36.2 Å². The molecule has 1 heterocycles. The Labute approximate surface area is 334 Å². The molecule has 0 fully saturated rings. The van der Waals surface area contributed by atoms with Crippen LogP contribution in [0.3, 0.4) is 0 Å². The lowest BCUT2D eigenvalue weighted by atomic mass is 9.81. The Morgan fingerprint density at radius 2 is 0.696 bits per heavy atom. The molecular weight excluding hydrogens is 701 g/mol. The van der Waals surface area contributed by atoms with Gasteiger partial charge in [-0.2, -0.15) is 0 Å². The standard InChI is InChI=1S/C49H62O7/c1-48(2,3)42-28-34-24-38-20-32-10-8-7-9-11-33-21-39(25-35(29-42)44(34)50)47-41(23-33)27-37-31-43(49(4,5)6)30-36(45(37)51)26-40(22-32)46(38)55-18-16-53-14-12-52-13-15-54-17-19-56-47/h20-23,28-31,50-51H,7-19,24-27H2,1-6H3. The minimum Gasteiger partial charge on any atom is -0.507 e. The molecule has 0 radical (unpaired) electrons. The smallest absolute Gasteiger partial charge is 0.126 e.